The Morgan fingerprint density at radius 1 is 1.54 bits per heavy atom. The van der Waals surface area contributed by atoms with Gasteiger partial charge in [-0.3, -0.25) is 4.79 Å². The molecule has 0 radical (unpaired) electrons. The van der Waals surface area contributed by atoms with E-state index in [1.54, 1.807) is 0 Å². The monoisotopic (exact) mass is 179 g/mol. The molecule has 0 aliphatic rings. The maximum Gasteiger partial charge on any atom is 0.220 e. The second kappa shape index (κ2) is 5.36. The topological polar surface area (TPSA) is 29.1 Å². The number of carbonyl (C=O) groups excluding carboxylic acids is 1. The Morgan fingerprint density at radius 3 is 3.00 bits per heavy atom. The number of amides is 1. The largest absolute Gasteiger partial charge is 0.356 e. The highest BCUT2D eigenvalue weighted by molar-refractivity contribution is 5.76. The second-order valence-corrected chi connectivity index (χ2v) is 2.67. The number of aryl methyl sites for hydroxylation is 1. The Morgan fingerprint density at radius 2 is 2.31 bits per heavy atom. The van der Waals surface area contributed by atoms with E-state index in [1.165, 1.54) is 0 Å². The third-order valence-corrected chi connectivity index (χ3v) is 1.64. The average Bonchev–Trinajstić information content (AvgIpc) is 2.27. The van der Waals surface area contributed by atoms with Crippen LogP contribution < -0.4 is 5.32 Å². The highest BCUT2D eigenvalue weighted by Crippen LogP contribution is 2.01. The lowest BCUT2D eigenvalue weighted by Crippen LogP contribution is -2.22. The lowest BCUT2D eigenvalue weighted by Gasteiger charge is -2.01. The van der Waals surface area contributed by atoms with E-state index in [0.29, 0.717) is 6.54 Å². The number of benzene rings is 1. The van der Waals surface area contributed by atoms with Gasteiger partial charge in [-0.15, -0.1) is 0 Å². The van der Waals surface area contributed by atoms with Gasteiger partial charge in [0.15, 0.2) is 0 Å². The summed E-state index contributed by atoms with van der Waals surface area (Å²) in [6, 6.07) is 9.29. The number of carbonyl (C=O) groups is 1. The Balaban J connectivity index is 2.42. The quantitative estimate of drug-likeness (QED) is 0.749. The van der Waals surface area contributed by atoms with Crippen molar-refractivity contribution in [1.82, 2.24) is 5.32 Å². The van der Waals surface area contributed by atoms with Crippen LogP contribution in [0.15, 0.2) is 30.3 Å². The third-order valence-electron chi connectivity index (χ3n) is 1.64. The van der Waals surface area contributed by atoms with Crippen LogP contribution in [0.2, 0.25) is 0 Å². The Labute approximate surface area is 81.8 Å². The molecule has 1 N–H and O–H groups in total. The maximum absolute atomic E-state index is 11.3. The molecule has 1 aromatic rings. The summed E-state index contributed by atoms with van der Waals surface area (Å²) in [5, 5.41) is 2.59. The van der Waals surface area contributed by atoms with Gasteiger partial charge in [-0.05, 0) is 18.9 Å². The van der Waals surface area contributed by atoms with E-state index >= 15 is 0 Å². The van der Waals surface area contributed by atoms with Gasteiger partial charge in [0.25, 0.3) is 0 Å². The molecule has 2 nitrogen and oxygen atoms in total. The Kier molecular flexibility index (Phi) is 2.94. The summed E-state index contributed by atoms with van der Waals surface area (Å²) in [5.74, 6) is -0.161. The Hall–Kier alpha value is -1.31. The van der Waals surface area contributed by atoms with Crippen molar-refractivity contribution < 1.29 is 7.54 Å². The average molecular weight is 179 g/mol. The van der Waals surface area contributed by atoms with E-state index in [-0.39, 0.29) is 19.2 Å². The molecule has 13 heavy (non-hydrogen) atoms. The standard InChI is InChI=1S/C11H15NO/c1-2-12-11(13)9-8-10-6-4-3-5-7-10/h3-7H,2,8-9H2,1H3,(H,12,13)/i1D,8D. The minimum atomic E-state index is -0.517. The SMILES string of the molecule is [2H]CCNC(=O)CC([2H])c1ccccc1. The summed E-state index contributed by atoms with van der Waals surface area (Å²) < 4.78 is 14.7. The van der Waals surface area contributed by atoms with E-state index in [2.05, 4.69) is 5.32 Å². The van der Waals surface area contributed by atoms with Crippen molar-refractivity contribution in [2.24, 2.45) is 0 Å². The summed E-state index contributed by atoms with van der Waals surface area (Å²) in [5.41, 5.74) is 0.846. The zero-order valence-corrected chi connectivity index (χ0v) is 7.49. The molecule has 2 heteroatoms. The Bertz CT molecular complexity index is 303. The number of rotatable bonds is 4. The molecular formula is C11H15NO. The van der Waals surface area contributed by atoms with Crippen LogP contribution in [0.25, 0.3) is 0 Å². The lowest BCUT2D eigenvalue weighted by molar-refractivity contribution is -0.120. The van der Waals surface area contributed by atoms with E-state index < -0.39 is 6.40 Å². The van der Waals surface area contributed by atoms with Gasteiger partial charge in [-0.1, -0.05) is 30.3 Å². The molecule has 70 valence electrons. The van der Waals surface area contributed by atoms with Gasteiger partial charge in [0.2, 0.25) is 5.91 Å². The van der Waals surface area contributed by atoms with E-state index in [1.807, 2.05) is 30.3 Å². The molecule has 1 atom stereocenters. The predicted octanol–water partition coefficient (Wildman–Crippen LogP) is 1.76. The van der Waals surface area contributed by atoms with Crippen LogP contribution in [-0.4, -0.2) is 12.5 Å². The highest BCUT2D eigenvalue weighted by Gasteiger charge is 1.99. The molecule has 0 spiro atoms. The molecule has 0 aromatic heterocycles. The zero-order chi connectivity index (χ0) is 11.1. The first-order valence-corrected chi connectivity index (χ1v) is 4.27. The van der Waals surface area contributed by atoms with Crippen molar-refractivity contribution in [2.45, 2.75) is 19.7 Å². The summed E-state index contributed by atoms with van der Waals surface area (Å²) in [4.78, 5) is 11.3. The van der Waals surface area contributed by atoms with Crippen molar-refractivity contribution in [1.29, 1.82) is 0 Å². The van der Waals surface area contributed by atoms with Crippen LogP contribution in [0.1, 0.15) is 21.6 Å². The van der Waals surface area contributed by atoms with Crippen LogP contribution >= 0.6 is 0 Å². The van der Waals surface area contributed by atoms with Crippen LogP contribution in [0.4, 0.5) is 0 Å². The lowest BCUT2D eigenvalue weighted by atomic mass is 10.1. The van der Waals surface area contributed by atoms with Crippen molar-refractivity contribution in [2.75, 3.05) is 6.54 Å². The molecule has 0 aliphatic heterocycles. The highest BCUT2D eigenvalue weighted by atomic mass is 16.1. The van der Waals surface area contributed by atoms with Crippen molar-refractivity contribution in [3.05, 3.63) is 35.9 Å². The molecule has 0 aliphatic carbocycles. The number of hydrogen-bond donors (Lipinski definition) is 1. The summed E-state index contributed by atoms with van der Waals surface area (Å²) in [7, 11) is 0. The zero-order valence-electron chi connectivity index (χ0n) is 9.49. The minimum Gasteiger partial charge on any atom is -0.356 e. The molecular weight excluding hydrogens is 162 g/mol. The van der Waals surface area contributed by atoms with Gasteiger partial charge < -0.3 is 5.32 Å². The van der Waals surface area contributed by atoms with Gasteiger partial charge in [-0.2, -0.15) is 0 Å². The summed E-state index contributed by atoms with van der Waals surface area (Å²) >= 11 is 0. The molecule has 1 rings (SSSR count). The van der Waals surface area contributed by atoms with Crippen LogP contribution in [-0.2, 0) is 11.2 Å². The number of nitrogens with one attached hydrogen (secondary N) is 1. The molecule has 1 unspecified atom stereocenters. The summed E-state index contributed by atoms with van der Waals surface area (Å²) in [6.07, 6.45) is -0.360. The van der Waals surface area contributed by atoms with Gasteiger partial charge >= 0.3 is 0 Å². The number of hydrogen-bond acceptors (Lipinski definition) is 1. The molecule has 0 bridgehead atoms. The summed E-state index contributed by atoms with van der Waals surface area (Å²) in [6.45, 7) is 0.542. The third kappa shape index (κ3) is 3.74. The molecule has 0 saturated heterocycles. The predicted molar refractivity (Wildman–Crippen MR) is 53.4 cm³/mol. The van der Waals surface area contributed by atoms with Crippen LogP contribution in [0.3, 0.4) is 0 Å². The van der Waals surface area contributed by atoms with Crippen molar-refractivity contribution in [3.8, 4) is 0 Å². The second-order valence-electron chi connectivity index (χ2n) is 2.67. The normalized spacial score (nSPS) is 14.2. The fraction of sp³-hybridized carbons (Fsp3) is 0.364. The van der Waals surface area contributed by atoms with Crippen LogP contribution in [0.5, 0.6) is 0 Å². The van der Waals surface area contributed by atoms with E-state index in [9.17, 15) is 4.79 Å². The first kappa shape index (κ1) is 7.13. The van der Waals surface area contributed by atoms with E-state index in [4.69, 9.17) is 2.74 Å². The molecule has 0 saturated carbocycles. The first-order chi connectivity index (χ1) is 7.24. The van der Waals surface area contributed by atoms with Gasteiger partial charge in [0, 0.05) is 15.7 Å². The minimum absolute atomic E-state index is 0.157. The first-order valence-electron chi connectivity index (χ1n) is 5.55. The molecule has 0 fully saturated rings. The van der Waals surface area contributed by atoms with Gasteiger partial charge in [0.05, 0.1) is 0 Å². The maximum atomic E-state index is 11.3. The molecule has 1 aromatic carbocycles. The van der Waals surface area contributed by atoms with Gasteiger partial charge in [-0.25, -0.2) is 0 Å². The fourth-order valence-electron chi connectivity index (χ4n) is 1.01. The van der Waals surface area contributed by atoms with Crippen molar-refractivity contribution >= 4 is 5.91 Å². The molecule has 1 amide bonds. The van der Waals surface area contributed by atoms with E-state index in [0.717, 1.165) is 5.56 Å². The van der Waals surface area contributed by atoms with Crippen molar-refractivity contribution in [3.63, 3.8) is 0 Å². The van der Waals surface area contributed by atoms with Crippen LogP contribution in [0, 0.1) is 0 Å². The van der Waals surface area contributed by atoms with Gasteiger partial charge in [0.1, 0.15) is 0 Å². The fourth-order valence-corrected chi connectivity index (χ4v) is 1.01. The molecule has 0 heterocycles. The smallest absolute Gasteiger partial charge is 0.220 e.